The first kappa shape index (κ1) is 12.8. The van der Waals surface area contributed by atoms with E-state index in [1.807, 2.05) is 11.3 Å². The molecule has 1 aliphatic carbocycles. The fourth-order valence-corrected chi connectivity index (χ4v) is 2.78. The fraction of sp³-hybridized carbons (Fsp3) is 0.643. The summed E-state index contributed by atoms with van der Waals surface area (Å²) in [6, 6.07) is 5.00. The highest BCUT2D eigenvalue weighted by molar-refractivity contribution is 7.09. The van der Waals surface area contributed by atoms with Crippen molar-refractivity contribution in [1.82, 2.24) is 4.90 Å². The lowest BCUT2D eigenvalue weighted by atomic mass is 9.89. The Morgan fingerprint density at radius 3 is 2.82 bits per heavy atom. The van der Waals surface area contributed by atoms with Crippen molar-refractivity contribution < 1.29 is 4.79 Å². The van der Waals surface area contributed by atoms with Crippen LogP contribution in [0.4, 0.5) is 0 Å². The van der Waals surface area contributed by atoms with Crippen LogP contribution < -0.4 is 0 Å². The average molecular weight is 251 g/mol. The molecule has 0 aromatic carbocycles. The first-order valence-electron chi connectivity index (χ1n) is 6.39. The monoisotopic (exact) mass is 251 g/mol. The van der Waals surface area contributed by atoms with Crippen LogP contribution in [0.15, 0.2) is 17.5 Å². The van der Waals surface area contributed by atoms with Gasteiger partial charge in [-0.1, -0.05) is 19.9 Å². The van der Waals surface area contributed by atoms with E-state index in [-0.39, 0.29) is 5.41 Å². The lowest BCUT2D eigenvalue weighted by Gasteiger charge is -2.30. The van der Waals surface area contributed by atoms with Gasteiger partial charge in [0.2, 0.25) is 0 Å². The van der Waals surface area contributed by atoms with Gasteiger partial charge < -0.3 is 4.79 Å². The van der Waals surface area contributed by atoms with Crippen LogP contribution in [0.1, 0.15) is 38.0 Å². The molecule has 0 saturated heterocycles. The largest absolute Gasteiger partial charge is 0.303 e. The van der Waals surface area contributed by atoms with Crippen molar-refractivity contribution in [2.75, 3.05) is 6.54 Å². The molecule has 1 aromatic rings. The van der Waals surface area contributed by atoms with E-state index >= 15 is 0 Å². The minimum atomic E-state index is -0.181. The molecular weight excluding hydrogens is 230 g/mol. The molecule has 2 rings (SSSR count). The molecule has 2 nitrogen and oxygen atoms in total. The summed E-state index contributed by atoms with van der Waals surface area (Å²) in [5.74, 6) is 0. The van der Waals surface area contributed by atoms with E-state index in [2.05, 4.69) is 36.3 Å². The molecule has 1 aromatic heterocycles. The van der Waals surface area contributed by atoms with Gasteiger partial charge in [0.1, 0.15) is 6.29 Å². The molecular formula is C14H21NOS. The topological polar surface area (TPSA) is 20.3 Å². The summed E-state index contributed by atoms with van der Waals surface area (Å²) >= 11 is 1.81. The third-order valence-corrected chi connectivity index (χ3v) is 4.52. The van der Waals surface area contributed by atoms with Gasteiger partial charge in [-0.05, 0) is 30.7 Å². The molecule has 1 unspecified atom stereocenters. The number of carbonyl (C=O) groups excluding carboxylic acids is 1. The van der Waals surface area contributed by atoms with Crippen LogP contribution in [0.3, 0.4) is 0 Å². The van der Waals surface area contributed by atoms with Crippen LogP contribution in [-0.2, 0) is 11.3 Å². The third kappa shape index (κ3) is 3.39. The molecule has 1 heterocycles. The minimum absolute atomic E-state index is 0.181. The molecule has 1 saturated carbocycles. The van der Waals surface area contributed by atoms with Crippen LogP contribution in [0.25, 0.3) is 0 Å². The molecule has 0 bridgehead atoms. The van der Waals surface area contributed by atoms with Gasteiger partial charge >= 0.3 is 0 Å². The molecule has 1 fully saturated rings. The molecule has 94 valence electrons. The van der Waals surface area contributed by atoms with E-state index in [0.717, 1.165) is 25.8 Å². The summed E-state index contributed by atoms with van der Waals surface area (Å²) < 4.78 is 0. The zero-order chi connectivity index (χ0) is 12.3. The molecule has 0 amide bonds. The van der Waals surface area contributed by atoms with Gasteiger partial charge in [-0.3, -0.25) is 4.90 Å². The van der Waals surface area contributed by atoms with E-state index in [9.17, 15) is 4.79 Å². The maximum Gasteiger partial charge on any atom is 0.127 e. The summed E-state index contributed by atoms with van der Waals surface area (Å²) in [6.07, 6.45) is 4.65. The second-order valence-corrected chi connectivity index (χ2v) is 6.37. The Hall–Kier alpha value is -0.670. The van der Waals surface area contributed by atoms with Gasteiger partial charge in [-0.25, -0.2) is 0 Å². The lowest BCUT2D eigenvalue weighted by molar-refractivity contribution is -0.116. The smallest absolute Gasteiger partial charge is 0.127 e. The Kier molecular flexibility index (Phi) is 4.00. The van der Waals surface area contributed by atoms with Crippen LogP contribution in [-0.4, -0.2) is 23.8 Å². The van der Waals surface area contributed by atoms with Crippen molar-refractivity contribution in [2.45, 2.75) is 45.7 Å². The van der Waals surface area contributed by atoms with Crippen molar-refractivity contribution in [1.29, 1.82) is 0 Å². The van der Waals surface area contributed by atoms with Crippen LogP contribution in [0.2, 0.25) is 0 Å². The highest BCUT2D eigenvalue weighted by atomic mass is 32.1. The summed E-state index contributed by atoms with van der Waals surface area (Å²) in [5.41, 5.74) is -0.181. The standard InChI is InChI=1S/C14H21NOS/c1-3-14(2,11-16)10-15(12-6-7-12)9-13-5-4-8-17-13/h4-5,8,11-12H,3,6-7,9-10H2,1-2H3. The minimum Gasteiger partial charge on any atom is -0.303 e. The maximum absolute atomic E-state index is 11.2. The van der Waals surface area contributed by atoms with Gasteiger partial charge in [0.05, 0.1) is 0 Å². The van der Waals surface area contributed by atoms with Crippen LogP contribution in [0, 0.1) is 5.41 Å². The number of aldehydes is 1. The van der Waals surface area contributed by atoms with Crippen molar-refractivity contribution in [3.63, 3.8) is 0 Å². The summed E-state index contributed by atoms with van der Waals surface area (Å²) in [5, 5.41) is 2.12. The molecule has 0 radical (unpaired) electrons. The second-order valence-electron chi connectivity index (χ2n) is 5.34. The number of rotatable bonds is 7. The second kappa shape index (κ2) is 5.32. The number of hydrogen-bond acceptors (Lipinski definition) is 3. The van der Waals surface area contributed by atoms with Crippen molar-refractivity contribution in [3.8, 4) is 0 Å². The molecule has 17 heavy (non-hydrogen) atoms. The molecule has 1 atom stereocenters. The van der Waals surface area contributed by atoms with E-state index in [4.69, 9.17) is 0 Å². The molecule has 0 N–H and O–H groups in total. The van der Waals surface area contributed by atoms with Crippen LogP contribution in [0.5, 0.6) is 0 Å². The number of nitrogens with zero attached hydrogens (tertiary/aromatic N) is 1. The third-order valence-electron chi connectivity index (χ3n) is 3.66. The SMILES string of the molecule is CCC(C)(C=O)CN(Cc1cccs1)C1CC1. The Balaban J connectivity index is 2.00. The van der Waals surface area contributed by atoms with E-state index in [1.165, 1.54) is 17.7 Å². The van der Waals surface area contributed by atoms with Crippen molar-refractivity contribution in [3.05, 3.63) is 22.4 Å². The Bertz CT molecular complexity index is 358. The predicted octanol–water partition coefficient (Wildman–Crippen LogP) is 3.33. The molecule has 1 aliphatic rings. The molecule has 0 aliphatic heterocycles. The highest BCUT2D eigenvalue weighted by Crippen LogP contribution is 2.32. The first-order chi connectivity index (χ1) is 8.17. The average Bonchev–Trinajstić information content (AvgIpc) is 3.07. The van der Waals surface area contributed by atoms with E-state index in [1.54, 1.807) is 0 Å². The van der Waals surface area contributed by atoms with Crippen molar-refractivity contribution >= 4 is 17.6 Å². The summed E-state index contributed by atoms with van der Waals surface area (Å²) in [7, 11) is 0. The zero-order valence-electron chi connectivity index (χ0n) is 10.7. The molecule has 3 heteroatoms. The number of hydrogen-bond donors (Lipinski definition) is 0. The lowest BCUT2D eigenvalue weighted by Crippen LogP contribution is -2.37. The Labute approximate surface area is 108 Å². The summed E-state index contributed by atoms with van der Waals surface area (Å²) in [4.78, 5) is 15.1. The maximum atomic E-state index is 11.2. The van der Waals surface area contributed by atoms with Gasteiger partial charge in [-0.2, -0.15) is 0 Å². The number of thiophene rings is 1. The van der Waals surface area contributed by atoms with E-state index in [0.29, 0.717) is 6.04 Å². The fourth-order valence-electron chi connectivity index (χ4n) is 2.05. The molecule has 0 spiro atoms. The highest BCUT2D eigenvalue weighted by Gasteiger charge is 2.34. The predicted molar refractivity (Wildman–Crippen MR) is 72.2 cm³/mol. The Morgan fingerprint density at radius 2 is 2.35 bits per heavy atom. The van der Waals surface area contributed by atoms with Gasteiger partial charge in [0, 0.05) is 29.4 Å². The van der Waals surface area contributed by atoms with Gasteiger partial charge in [0.15, 0.2) is 0 Å². The van der Waals surface area contributed by atoms with Crippen LogP contribution >= 0.6 is 11.3 Å². The van der Waals surface area contributed by atoms with Crippen molar-refractivity contribution in [2.24, 2.45) is 5.41 Å². The summed E-state index contributed by atoms with van der Waals surface area (Å²) in [6.45, 7) is 6.08. The van der Waals surface area contributed by atoms with E-state index < -0.39 is 0 Å². The normalized spacial score (nSPS) is 19.2. The van der Waals surface area contributed by atoms with Gasteiger partial charge in [0.25, 0.3) is 0 Å². The number of carbonyl (C=O) groups is 1. The van der Waals surface area contributed by atoms with Gasteiger partial charge in [-0.15, -0.1) is 11.3 Å². The first-order valence-corrected chi connectivity index (χ1v) is 7.27. The zero-order valence-corrected chi connectivity index (χ0v) is 11.5. The Morgan fingerprint density at radius 1 is 1.59 bits per heavy atom. The quantitative estimate of drug-likeness (QED) is 0.693.